The molecule has 1 saturated heterocycles. The Kier molecular flexibility index (Phi) is 4.95. The number of carbonyl (C=O) groups is 1. The minimum Gasteiger partial charge on any atom is -0.481 e. The van der Waals surface area contributed by atoms with Gasteiger partial charge in [-0.2, -0.15) is 0 Å². The number of benzene rings is 1. The molecule has 126 valence electrons. The molecule has 1 fully saturated rings. The highest BCUT2D eigenvalue weighted by molar-refractivity contribution is 5.70. The number of rotatable bonds is 4. The van der Waals surface area contributed by atoms with E-state index in [0.717, 1.165) is 24.9 Å². The lowest BCUT2D eigenvalue weighted by Gasteiger charge is -2.38. The zero-order chi connectivity index (χ0) is 17.1. The number of likely N-dealkylation sites (tertiary alicyclic amines) is 1. The molecule has 4 nitrogen and oxygen atoms in total. The Hall–Kier alpha value is -2.20. The lowest BCUT2D eigenvalue weighted by molar-refractivity contribution is -0.143. The van der Waals surface area contributed by atoms with Crippen molar-refractivity contribution < 1.29 is 9.90 Å². The molecule has 1 aromatic carbocycles. The number of aryl methyl sites for hydroxylation is 2. The third kappa shape index (κ3) is 3.49. The first-order chi connectivity index (χ1) is 11.6. The molecular formula is C20H24N2O2. The molecule has 1 aromatic heterocycles. The minimum absolute atomic E-state index is 0.0569. The number of nitrogens with zero attached hydrogens (tertiary/aromatic N) is 2. The van der Waals surface area contributed by atoms with Crippen LogP contribution in [0.25, 0.3) is 0 Å². The lowest BCUT2D eigenvalue weighted by Crippen LogP contribution is -2.41. The summed E-state index contributed by atoms with van der Waals surface area (Å²) in [6.07, 6.45) is 5.35. The van der Waals surface area contributed by atoms with Crippen LogP contribution in [0.5, 0.6) is 0 Å². The van der Waals surface area contributed by atoms with Crippen LogP contribution in [-0.2, 0) is 4.79 Å². The molecule has 0 spiro atoms. The molecule has 4 heteroatoms. The van der Waals surface area contributed by atoms with E-state index in [4.69, 9.17) is 0 Å². The van der Waals surface area contributed by atoms with E-state index in [1.807, 2.05) is 12.3 Å². The molecule has 2 heterocycles. The van der Waals surface area contributed by atoms with E-state index in [-0.39, 0.29) is 12.0 Å². The lowest BCUT2D eigenvalue weighted by atomic mass is 9.89. The van der Waals surface area contributed by atoms with Crippen molar-refractivity contribution in [2.45, 2.75) is 32.7 Å². The van der Waals surface area contributed by atoms with Crippen molar-refractivity contribution in [1.82, 2.24) is 9.88 Å². The van der Waals surface area contributed by atoms with Crippen molar-refractivity contribution in [1.29, 1.82) is 0 Å². The number of aliphatic carboxylic acids is 1. The highest BCUT2D eigenvalue weighted by Crippen LogP contribution is 2.34. The summed E-state index contributed by atoms with van der Waals surface area (Å²) in [6.45, 7) is 5.72. The number of carboxylic acid groups (broad SMARTS) is 1. The van der Waals surface area contributed by atoms with E-state index in [9.17, 15) is 9.90 Å². The first-order valence-corrected chi connectivity index (χ1v) is 8.50. The fourth-order valence-electron chi connectivity index (χ4n) is 3.70. The number of pyridine rings is 1. The normalized spacial score (nSPS) is 19.8. The smallest absolute Gasteiger partial charge is 0.307 e. The van der Waals surface area contributed by atoms with Crippen LogP contribution >= 0.6 is 0 Å². The molecule has 1 aliphatic heterocycles. The van der Waals surface area contributed by atoms with Gasteiger partial charge >= 0.3 is 5.97 Å². The predicted octanol–water partition coefficient (Wildman–Crippen LogP) is 3.58. The average molecular weight is 324 g/mol. The summed E-state index contributed by atoms with van der Waals surface area (Å²) in [4.78, 5) is 18.1. The van der Waals surface area contributed by atoms with Gasteiger partial charge in [0.2, 0.25) is 0 Å². The first-order valence-electron chi connectivity index (χ1n) is 8.50. The Labute approximate surface area is 143 Å². The number of hydrogen-bond donors (Lipinski definition) is 1. The van der Waals surface area contributed by atoms with Crippen LogP contribution in [0.15, 0.2) is 42.7 Å². The molecule has 1 aliphatic rings. The van der Waals surface area contributed by atoms with Crippen molar-refractivity contribution >= 4 is 5.97 Å². The topological polar surface area (TPSA) is 53.4 Å². The van der Waals surface area contributed by atoms with Crippen LogP contribution in [0.3, 0.4) is 0 Å². The van der Waals surface area contributed by atoms with Crippen molar-refractivity contribution in [3.05, 3.63) is 65.0 Å². The summed E-state index contributed by atoms with van der Waals surface area (Å²) in [6, 6.07) is 10.6. The van der Waals surface area contributed by atoms with E-state index in [0.29, 0.717) is 6.54 Å². The fourth-order valence-corrected chi connectivity index (χ4v) is 3.70. The Balaban J connectivity index is 2.01. The Morgan fingerprint density at radius 1 is 1.33 bits per heavy atom. The molecule has 2 unspecified atom stereocenters. The average Bonchev–Trinajstić information content (AvgIpc) is 2.58. The largest absolute Gasteiger partial charge is 0.481 e. The van der Waals surface area contributed by atoms with Crippen molar-refractivity contribution in [2.75, 3.05) is 13.1 Å². The third-order valence-electron chi connectivity index (χ3n) is 4.89. The van der Waals surface area contributed by atoms with Crippen LogP contribution in [0.4, 0.5) is 0 Å². The van der Waals surface area contributed by atoms with Gasteiger partial charge in [0.15, 0.2) is 0 Å². The highest BCUT2D eigenvalue weighted by atomic mass is 16.4. The predicted molar refractivity (Wildman–Crippen MR) is 93.9 cm³/mol. The van der Waals surface area contributed by atoms with Crippen molar-refractivity contribution in [2.24, 2.45) is 5.92 Å². The van der Waals surface area contributed by atoms with Gasteiger partial charge in [0.05, 0.1) is 12.0 Å². The zero-order valence-corrected chi connectivity index (χ0v) is 14.3. The fraction of sp³-hybridized carbons (Fsp3) is 0.400. The van der Waals surface area contributed by atoms with Crippen molar-refractivity contribution in [3.8, 4) is 0 Å². The van der Waals surface area contributed by atoms with Gasteiger partial charge in [-0.05, 0) is 56.0 Å². The Morgan fingerprint density at radius 2 is 2.17 bits per heavy atom. The van der Waals surface area contributed by atoms with Gasteiger partial charge < -0.3 is 5.11 Å². The van der Waals surface area contributed by atoms with Gasteiger partial charge in [0.25, 0.3) is 0 Å². The monoisotopic (exact) mass is 324 g/mol. The van der Waals surface area contributed by atoms with Gasteiger partial charge in [0.1, 0.15) is 0 Å². The molecule has 0 radical (unpaired) electrons. The number of carboxylic acids is 1. The standard InChI is InChI=1S/C20H24N2O2/c1-14-7-8-18(15(2)11-14)19(16-5-3-9-21-12-16)22-10-4-6-17(13-22)20(23)24/h3,5,7-9,11-12,17,19H,4,6,10,13H2,1-2H3,(H,23,24). The van der Waals surface area contributed by atoms with Crippen molar-refractivity contribution in [3.63, 3.8) is 0 Å². The molecule has 2 atom stereocenters. The maximum absolute atomic E-state index is 11.5. The van der Waals surface area contributed by atoms with Gasteiger partial charge in [0, 0.05) is 18.9 Å². The third-order valence-corrected chi connectivity index (χ3v) is 4.89. The van der Waals surface area contributed by atoms with E-state index < -0.39 is 5.97 Å². The van der Waals surface area contributed by atoms with Gasteiger partial charge in [-0.25, -0.2) is 0 Å². The minimum atomic E-state index is -0.690. The Morgan fingerprint density at radius 3 is 2.83 bits per heavy atom. The molecule has 0 saturated carbocycles. The number of hydrogen-bond acceptors (Lipinski definition) is 3. The number of piperidine rings is 1. The van der Waals surface area contributed by atoms with Crippen LogP contribution in [0, 0.1) is 19.8 Å². The first kappa shape index (κ1) is 16.7. The molecule has 0 amide bonds. The summed E-state index contributed by atoms with van der Waals surface area (Å²) in [7, 11) is 0. The SMILES string of the molecule is Cc1ccc(C(c2cccnc2)N2CCCC(C(=O)O)C2)c(C)c1. The highest BCUT2D eigenvalue weighted by Gasteiger charge is 2.31. The second-order valence-electron chi connectivity index (χ2n) is 6.72. The second kappa shape index (κ2) is 7.14. The van der Waals surface area contributed by atoms with E-state index in [2.05, 4.69) is 48.0 Å². The summed E-state index contributed by atoms with van der Waals surface area (Å²) in [5, 5.41) is 9.43. The van der Waals surface area contributed by atoms with Crippen LogP contribution in [0.2, 0.25) is 0 Å². The second-order valence-corrected chi connectivity index (χ2v) is 6.72. The molecular weight excluding hydrogens is 300 g/mol. The molecule has 0 aliphatic carbocycles. The van der Waals surface area contributed by atoms with Crippen LogP contribution in [0.1, 0.15) is 41.1 Å². The van der Waals surface area contributed by atoms with Crippen LogP contribution < -0.4 is 0 Å². The van der Waals surface area contributed by atoms with E-state index in [1.54, 1.807) is 6.20 Å². The molecule has 2 aromatic rings. The maximum Gasteiger partial charge on any atom is 0.307 e. The molecule has 0 bridgehead atoms. The molecule has 1 N–H and O–H groups in total. The van der Waals surface area contributed by atoms with E-state index in [1.165, 1.54) is 16.7 Å². The quantitative estimate of drug-likeness (QED) is 0.934. The maximum atomic E-state index is 11.5. The zero-order valence-electron chi connectivity index (χ0n) is 14.3. The van der Waals surface area contributed by atoms with Gasteiger partial charge in [-0.3, -0.25) is 14.7 Å². The summed E-state index contributed by atoms with van der Waals surface area (Å²) >= 11 is 0. The van der Waals surface area contributed by atoms with Crippen LogP contribution in [-0.4, -0.2) is 34.0 Å². The van der Waals surface area contributed by atoms with Gasteiger partial charge in [-0.1, -0.05) is 29.8 Å². The summed E-state index contributed by atoms with van der Waals surface area (Å²) in [5.41, 5.74) is 4.83. The number of aromatic nitrogens is 1. The Bertz CT molecular complexity index is 715. The van der Waals surface area contributed by atoms with E-state index >= 15 is 0 Å². The molecule has 3 rings (SSSR count). The molecule has 24 heavy (non-hydrogen) atoms. The van der Waals surface area contributed by atoms with Gasteiger partial charge in [-0.15, -0.1) is 0 Å². The summed E-state index contributed by atoms with van der Waals surface area (Å²) in [5.74, 6) is -0.978. The summed E-state index contributed by atoms with van der Waals surface area (Å²) < 4.78 is 0.